The molecule has 0 unspecified atom stereocenters. The molecular weight excluding hydrogens is 386 g/mol. The molecule has 1 aliphatic rings. The number of anilines is 1. The van der Waals surface area contributed by atoms with E-state index in [1.807, 2.05) is 31.2 Å². The fraction of sp³-hybridized carbons (Fsp3) is 0.182. The van der Waals surface area contributed by atoms with Crippen LogP contribution in [0.2, 0.25) is 0 Å². The molecule has 8 heteroatoms. The molecule has 0 aromatic heterocycles. The molecule has 30 heavy (non-hydrogen) atoms. The number of amides is 4. The van der Waals surface area contributed by atoms with Crippen LogP contribution in [0.15, 0.2) is 54.2 Å². The van der Waals surface area contributed by atoms with Crippen LogP contribution in [0, 0.1) is 6.92 Å². The highest BCUT2D eigenvalue weighted by molar-refractivity contribution is 6.16. The third-order valence-corrected chi connectivity index (χ3v) is 4.43. The summed E-state index contributed by atoms with van der Waals surface area (Å²) in [4.78, 5) is 49.5. The minimum atomic E-state index is -0.660. The van der Waals surface area contributed by atoms with Crippen molar-refractivity contribution >= 4 is 35.6 Å². The van der Waals surface area contributed by atoms with Gasteiger partial charge < -0.3 is 15.4 Å². The van der Waals surface area contributed by atoms with Gasteiger partial charge in [0.15, 0.2) is 0 Å². The van der Waals surface area contributed by atoms with E-state index in [1.54, 1.807) is 25.1 Å². The summed E-state index contributed by atoms with van der Waals surface area (Å²) < 4.78 is 4.90. The standard InChI is InChI=1S/C22H21N3O5/c1-3-30-21(28)15-8-10-17(11-9-15)23-19(26)13-25-20(27)18(24-22(25)29)12-16-7-5-4-6-14(16)2/h4-12H,3,13H2,1-2H3,(H,23,26)(H,24,29)/b18-12-. The van der Waals surface area contributed by atoms with Gasteiger partial charge in [0.1, 0.15) is 12.2 Å². The van der Waals surface area contributed by atoms with Crippen LogP contribution in [0.25, 0.3) is 6.08 Å². The molecule has 0 radical (unpaired) electrons. The van der Waals surface area contributed by atoms with E-state index in [4.69, 9.17) is 4.74 Å². The van der Waals surface area contributed by atoms with Crippen molar-refractivity contribution in [1.29, 1.82) is 0 Å². The van der Waals surface area contributed by atoms with Crippen molar-refractivity contribution in [3.63, 3.8) is 0 Å². The minimum absolute atomic E-state index is 0.112. The van der Waals surface area contributed by atoms with Crippen molar-refractivity contribution in [2.75, 3.05) is 18.5 Å². The fourth-order valence-corrected chi connectivity index (χ4v) is 2.87. The number of ether oxygens (including phenoxy) is 1. The van der Waals surface area contributed by atoms with Gasteiger partial charge in [0.25, 0.3) is 5.91 Å². The first-order chi connectivity index (χ1) is 14.4. The van der Waals surface area contributed by atoms with Crippen LogP contribution in [0.4, 0.5) is 10.5 Å². The molecule has 0 saturated carbocycles. The Morgan fingerprint density at radius 3 is 2.47 bits per heavy atom. The summed E-state index contributed by atoms with van der Waals surface area (Å²) in [6.07, 6.45) is 1.58. The number of aryl methyl sites for hydroxylation is 1. The molecule has 8 nitrogen and oxygen atoms in total. The maximum Gasteiger partial charge on any atom is 0.338 e. The molecule has 3 rings (SSSR count). The molecule has 0 aliphatic carbocycles. The van der Waals surface area contributed by atoms with Crippen molar-refractivity contribution in [1.82, 2.24) is 10.2 Å². The van der Waals surface area contributed by atoms with Crippen molar-refractivity contribution < 1.29 is 23.9 Å². The molecule has 2 aromatic carbocycles. The second kappa shape index (κ2) is 9.04. The highest BCUT2D eigenvalue weighted by atomic mass is 16.5. The number of hydrogen-bond acceptors (Lipinski definition) is 5. The maximum atomic E-state index is 12.5. The SMILES string of the molecule is CCOC(=O)c1ccc(NC(=O)CN2C(=O)N/C(=C\c3ccccc3C)C2=O)cc1. The highest BCUT2D eigenvalue weighted by Gasteiger charge is 2.35. The van der Waals surface area contributed by atoms with Gasteiger partial charge in [-0.1, -0.05) is 24.3 Å². The number of nitrogens with zero attached hydrogens (tertiary/aromatic N) is 1. The zero-order chi connectivity index (χ0) is 21.7. The lowest BCUT2D eigenvalue weighted by atomic mass is 10.1. The zero-order valence-corrected chi connectivity index (χ0v) is 16.6. The number of rotatable bonds is 6. The predicted molar refractivity (Wildman–Crippen MR) is 110 cm³/mol. The molecule has 0 bridgehead atoms. The van der Waals surface area contributed by atoms with Crippen molar-refractivity contribution in [2.45, 2.75) is 13.8 Å². The average molecular weight is 407 g/mol. The van der Waals surface area contributed by atoms with Gasteiger partial charge in [0.2, 0.25) is 5.91 Å². The van der Waals surface area contributed by atoms with Crippen molar-refractivity contribution in [2.24, 2.45) is 0 Å². The van der Waals surface area contributed by atoms with Gasteiger partial charge in [0, 0.05) is 5.69 Å². The Kier molecular flexibility index (Phi) is 6.26. The number of imide groups is 1. The first-order valence-electron chi connectivity index (χ1n) is 9.36. The topological polar surface area (TPSA) is 105 Å². The van der Waals surface area contributed by atoms with Gasteiger partial charge in [-0.05, 0) is 55.3 Å². The Balaban J connectivity index is 1.64. The Bertz CT molecular complexity index is 1030. The van der Waals surface area contributed by atoms with Crippen LogP contribution in [0.1, 0.15) is 28.4 Å². The largest absolute Gasteiger partial charge is 0.462 e. The smallest absolute Gasteiger partial charge is 0.338 e. The van der Waals surface area contributed by atoms with Gasteiger partial charge in [-0.25, -0.2) is 14.5 Å². The van der Waals surface area contributed by atoms with Gasteiger partial charge in [-0.15, -0.1) is 0 Å². The number of carbonyl (C=O) groups excluding carboxylic acids is 4. The molecule has 4 amide bonds. The lowest BCUT2D eigenvalue weighted by Crippen LogP contribution is -2.38. The van der Waals surface area contributed by atoms with Crippen LogP contribution in [0.5, 0.6) is 0 Å². The number of carbonyl (C=O) groups is 4. The molecule has 1 fully saturated rings. The zero-order valence-electron chi connectivity index (χ0n) is 16.6. The van der Waals surface area contributed by atoms with E-state index in [0.717, 1.165) is 16.0 Å². The third-order valence-electron chi connectivity index (χ3n) is 4.43. The number of nitrogens with one attached hydrogen (secondary N) is 2. The van der Waals surface area contributed by atoms with E-state index in [0.29, 0.717) is 11.3 Å². The number of benzene rings is 2. The van der Waals surface area contributed by atoms with Crippen LogP contribution >= 0.6 is 0 Å². The Morgan fingerprint density at radius 2 is 1.80 bits per heavy atom. The van der Waals surface area contributed by atoms with Gasteiger partial charge in [-0.2, -0.15) is 0 Å². The lowest BCUT2D eigenvalue weighted by Gasteiger charge is -2.12. The van der Waals surface area contributed by atoms with E-state index < -0.39 is 30.4 Å². The number of esters is 1. The normalized spacial score (nSPS) is 14.6. The molecule has 0 spiro atoms. The quantitative estimate of drug-likeness (QED) is 0.435. The fourth-order valence-electron chi connectivity index (χ4n) is 2.87. The van der Waals surface area contributed by atoms with Crippen molar-refractivity contribution in [3.8, 4) is 0 Å². The monoisotopic (exact) mass is 407 g/mol. The lowest BCUT2D eigenvalue weighted by molar-refractivity contribution is -0.127. The minimum Gasteiger partial charge on any atom is -0.462 e. The highest BCUT2D eigenvalue weighted by Crippen LogP contribution is 2.17. The number of hydrogen-bond donors (Lipinski definition) is 2. The molecule has 2 aromatic rings. The van der Waals surface area contributed by atoms with E-state index >= 15 is 0 Å². The van der Waals surface area contributed by atoms with E-state index in [1.165, 1.54) is 12.1 Å². The maximum absolute atomic E-state index is 12.5. The number of urea groups is 1. The first-order valence-corrected chi connectivity index (χ1v) is 9.36. The van der Waals surface area contributed by atoms with Crippen LogP contribution < -0.4 is 10.6 Å². The summed E-state index contributed by atoms with van der Waals surface area (Å²) in [5.41, 5.74) is 2.65. The third kappa shape index (κ3) is 4.72. The summed E-state index contributed by atoms with van der Waals surface area (Å²) >= 11 is 0. The van der Waals surface area contributed by atoms with Crippen LogP contribution in [-0.2, 0) is 14.3 Å². The molecule has 1 heterocycles. The molecule has 154 valence electrons. The summed E-state index contributed by atoms with van der Waals surface area (Å²) in [6.45, 7) is 3.44. The van der Waals surface area contributed by atoms with Crippen molar-refractivity contribution in [3.05, 3.63) is 70.9 Å². The molecule has 1 saturated heterocycles. The molecule has 2 N–H and O–H groups in total. The summed E-state index contributed by atoms with van der Waals surface area (Å²) in [7, 11) is 0. The summed E-state index contributed by atoms with van der Waals surface area (Å²) in [5, 5.41) is 5.10. The average Bonchev–Trinajstić information content (AvgIpc) is 2.98. The van der Waals surface area contributed by atoms with E-state index in [9.17, 15) is 19.2 Å². The van der Waals surface area contributed by atoms with E-state index in [2.05, 4.69) is 10.6 Å². The Labute approximate surface area is 173 Å². The van der Waals surface area contributed by atoms with Crippen LogP contribution in [0.3, 0.4) is 0 Å². The molecule has 0 atom stereocenters. The van der Waals surface area contributed by atoms with Gasteiger partial charge in [-0.3, -0.25) is 9.59 Å². The predicted octanol–water partition coefficient (Wildman–Crippen LogP) is 2.70. The van der Waals surface area contributed by atoms with Crippen LogP contribution in [-0.4, -0.2) is 41.9 Å². The Morgan fingerprint density at radius 1 is 1.10 bits per heavy atom. The Hall–Kier alpha value is -3.94. The second-order valence-corrected chi connectivity index (χ2v) is 6.58. The first kappa shape index (κ1) is 20.8. The van der Waals surface area contributed by atoms with E-state index in [-0.39, 0.29) is 12.3 Å². The molecular formula is C22H21N3O5. The second-order valence-electron chi connectivity index (χ2n) is 6.58. The summed E-state index contributed by atoms with van der Waals surface area (Å²) in [5.74, 6) is -1.57. The summed E-state index contributed by atoms with van der Waals surface area (Å²) in [6, 6.07) is 12.9. The van der Waals surface area contributed by atoms with Gasteiger partial charge >= 0.3 is 12.0 Å². The van der Waals surface area contributed by atoms with Gasteiger partial charge in [0.05, 0.1) is 12.2 Å². The molecule has 1 aliphatic heterocycles.